The number of esters is 1. The van der Waals surface area contributed by atoms with Gasteiger partial charge < -0.3 is 9.53 Å². The summed E-state index contributed by atoms with van der Waals surface area (Å²) in [5.74, 6) is -0.882. The van der Waals surface area contributed by atoms with Crippen LogP contribution in [0.5, 0.6) is 0 Å². The third kappa shape index (κ3) is 6.94. The quantitative estimate of drug-likeness (QED) is 0.247. The minimum Gasteiger partial charge on any atom is -0.460 e. The molecule has 0 saturated heterocycles. The summed E-state index contributed by atoms with van der Waals surface area (Å²) in [6.07, 6.45) is 5.49. The summed E-state index contributed by atoms with van der Waals surface area (Å²) in [5, 5.41) is 0. The number of rotatable bonds is 11. The van der Waals surface area contributed by atoms with Crippen LogP contribution in [0.15, 0.2) is 59.1 Å². The average Bonchev–Trinajstić information content (AvgIpc) is 2.70. The molecular weight excluding hydrogens is 404 g/mol. The highest BCUT2D eigenvalue weighted by atomic mass is 79.9. The van der Waals surface area contributed by atoms with E-state index in [0.29, 0.717) is 6.42 Å². The predicted molar refractivity (Wildman–Crippen MR) is 111 cm³/mol. The molecule has 0 amide bonds. The molecule has 4 heteroatoms. The van der Waals surface area contributed by atoms with Gasteiger partial charge >= 0.3 is 5.97 Å². The molecule has 2 rings (SSSR count). The van der Waals surface area contributed by atoms with Gasteiger partial charge in [0.2, 0.25) is 0 Å². The van der Waals surface area contributed by atoms with Crippen LogP contribution in [-0.4, -0.2) is 12.3 Å². The van der Waals surface area contributed by atoms with Crippen LogP contribution in [0.2, 0.25) is 0 Å². The Kier molecular flexibility index (Phi) is 9.26. The van der Waals surface area contributed by atoms with Gasteiger partial charge in [0, 0.05) is 10.4 Å². The van der Waals surface area contributed by atoms with Crippen LogP contribution in [0, 0.1) is 5.92 Å². The molecule has 3 nitrogen and oxygen atoms in total. The van der Waals surface area contributed by atoms with Crippen molar-refractivity contribution in [3.05, 3.63) is 70.2 Å². The van der Waals surface area contributed by atoms with Crippen molar-refractivity contribution in [2.45, 2.75) is 51.6 Å². The molecule has 2 atom stereocenters. The summed E-state index contributed by atoms with van der Waals surface area (Å²) in [6, 6.07) is 17.3. The molecule has 0 aliphatic heterocycles. The number of hydrogen-bond donors (Lipinski definition) is 0. The van der Waals surface area contributed by atoms with Crippen LogP contribution >= 0.6 is 15.9 Å². The minimum atomic E-state index is -0.457. The van der Waals surface area contributed by atoms with Gasteiger partial charge in [-0.15, -0.1) is 0 Å². The molecule has 0 N–H and O–H groups in total. The smallest absolute Gasteiger partial charge is 0.313 e. The molecule has 0 aromatic heterocycles. The largest absolute Gasteiger partial charge is 0.460 e. The van der Waals surface area contributed by atoms with E-state index in [1.807, 2.05) is 54.6 Å². The van der Waals surface area contributed by atoms with E-state index in [2.05, 4.69) is 22.9 Å². The first kappa shape index (κ1) is 21.4. The number of hydrogen-bond acceptors (Lipinski definition) is 3. The van der Waals surface area contributed by atoms with E-state index in [-0.39, 0.29) is 18.5 Å². The maximum Gasteiger partial charge on any atom is 0.313 e. The Hall–Kier alpha value is -1.94. The molecule has 2 aromatic rings. The third-order valence-electron chi connectivity index (χ3n) is 4.70. The molecular formula is C23H27BrO3. The Balaban J connectivity index is 2.12. The minimum absolute atomic E-state index is 0.141. The maximum absolute atomic E-state index is 12.9. The highest BCUT2D eigenvalue weighted by Gasteiger charge is 2.27. The van der Waals surface area contributed by atoms with Gasteiger partial charge in [-0.05, 0) is 30.0 Å². The van der Waals surface area contributed by atoms with Gasteiger partial charge in [0.05, 0.1) is 5.92 Å². The van der Waals surface area contributed by atoms with Gasteiger partial charge in [-0.2, -0.15) is 0 Å². The number of carbonyl (C=O) groups is 2. The lowest BCUT2D eigenvalue weighted by molar-refractivity contribution is -0.147. The van der Waals surface area contributed by atoms with Crippen molar-refractivity contribution in [3.8, 4) is 0 Å². The van der Waals surface area contributed by atoms with E-state index >= 15 is 0 Å². The summed E-state index contributed by atoms with van der Waals surface area (Å²) in [4.78, 5) is 24.5. The predicted octanol–water partition coefficient (Wildman–Crippen LogP) is 6.06. The van der Waals surface area contributed by atoms with E-state index in [0.717, 1.165) is 47.6 Å². The Morgan fingerprint density at radius 2 is 1.78 bits per heavy atom. The molecule has 2 unspecified atom stereocenters. The molecule has 27 heavy (non-hydrogen) atoms. The van der Waals surface area contributed by atoms with Crippen molar-refractivity contribution in [2.75, 3.05) is 0 Å². The van der Waals surface area contributed by atoms with Crippen LogP contribution in [-0.2, 0) is 20.9 Å². The van der Waals surface area contributed by atoms with E-state index in [1.54, 1.807) is 0 Å². The van der Waals surface area contributed by atoms with Crippen LogP contribution in [0.4, 0.5) is 0 Å². The molecule has 0 saturated carbocycles. The monoisotopic (exact) mass is 430 g/mol. The highest BCUT2D eigenvalue weighted by Crippen LogP contribution is 2.32. The first-order valence-corrected chi connectivity index (χ1v) is 10.3. The number of halogens is 1. The van der Waals surface area contributed by atoms with Gasteiger partial charge in [-0.1, -0.05) is 90.6 Å². The Morgan fingerprint density at radius 3 is 2.44 bits per heavy atom. The van der Waals surface area contributed by atoms with Gasteiger partial charge in [0.25, 0.3) is 0 Å². The zero-order valence-corrected chi connectivity index (χ0v) is 17.4. The summed E-state index contributed by atoms with van der Waals surface area (Å²) in [7, 11) is 0. The summed E-state index contributed by atoms with van der Waals surface area (Å²) >= 11 is 3.54. The number of carbonyl (C=O) groups excluding carboxylic acids is 2. The van der Waals surface area contributed by atoms with Crippen molar-refractivity contribution in [1.82, 2.24) is 0 Å². The second-order valence-electron chi connectivity index (χ2n) is 6.80. The Labute approximate surface area is 170 Å². The molecule has 0 aliphatic carbocycles. The fourth-order valence-corrected chi connectivity index (χ4v) is 3.70. The Morgan fingerprint density at radius 1 is 1.07 bits per heavy atom. The van der Waals surface area contributed by atoms with E-state index < -0.39 is 5.92 Å². The van der Waals surface area contributed by atoms with Gasteiger partial charge in [-0.3, -0.25) is 4.79 Å². The highest BCUT2D eigenvalue weighted by molar-refractivity contribution is 9.10. The lowest BCUT2D eigenvalue weighted by Crippen LogP contribution is -2.20. The molecule has 0 bridgehead atoms. The SMILES string of the molecule is CCCCCC(C=O)CC(C(=O)OCc1ccccc1)c1ccccc1Br. The van der Waals surface area contributed by atoms with Crippen molar-refractivity contribution >= 4 is 28.2 Å². The van der Waals surface area contributed by atoms with E-state index in [1.165, 1.54) is 0 Å². The molecule has 144 valence electrons. The van der Waals surface area contributed by atoms with Crippen molar-refractivity contribution in [1.29, 1.82) is 0 Å². The second kappa shape index (κ2) is 11.7. The molecule has 0 heterocycles. The zero-order chi connectivity index (χ0) is 19.5. The second-order valence-corrected chi connectivity index (χ2v) is 7.65. The van der Waals surface area contributed by atoms with Crippen LogP contribution in [0.3, 0.4) is 0 Å². The summed E-state index contributed by atoms with van der Waals surface area (Å²) < 4.78 is 6.46. The number of aldehydes is 1. The van der Waals surface area contributed by atoms with Crippen LogP contribution in [0.1, 0.15) is 56.1 Å². The average molecular weight is 431 g/mol. The van der Waals surface area contributed by atoms with Crippen LogP contribution < -0.4 is 0 Å². The van der Waals surface area contributed by atoms with Crippen molar-refractivity contribution in [3.63, 3.8) is 0 Å². The number of unbranched alkanes of at least 4 members (excludes halogenated alkanes) is 2. The van der Waals surface area contributed by atoms with Crippen molar-refractivity contribution in [2.24, 2.45) is 5.92 Å². The fourth-order valence-electron chi connectivity index (χ4n) is 3.14. The Bertz CT molecular complexity index is 715. The topological polar surface area (TPSA) is 43.4 Å². The lowest BCUT2D eigenvalue weighted by Gasteiger charge is -2.21. The number of ether oxygens (including phenoxy) is 1. The summed E-state index contributed by atoms with van der Waals surface area (Å²) in [5.41, 5.74) is 1.82. The maximum atomic E-state index is 12.9. The molecule has 0 radical (unpaired) electrons. The zero-order valence-electron chi connectivity index (χ0n) is 15.8. The van der Waals surface area contributed by atoms with Gasteiger partial charge in [0.15, 0.2) is 0 Å². The standard InChI is InChI=1S/C23H27BrO3/c1-2-3-5-12-19(16-25)15-21(20-13-8-9-14-22(20)24)23(26)27-17-18-10-6-4-7-11-18/h4,6-11,13-14,16,19,21H,2-3,5,12,15,17H2,1H3. The van der Waals surface area contributed by atoms with Crippen molar-refractivity contribution < 1.29 is 14.3 Å². The van der Waals surface area contributed by atoms with Gasteiger partial charge in [0.1, 0.15) is 12.9 Å². The fraction of sp³-hybridized carbons (Fsp3) is 0.391. The van der Waals surface area contributed by atoms with E-state index in [4.69, 9.17) is 4.74 Å². The summed E-state index contributed by atoms with van der Waals surface area (Å²) in [6.45, 7) is 2.38. The lowest BCUT2D eigenvalue weighted by atomic mass is 9.87. The number of benzene rings is 2. The molecule has 0 aliphatic rings. The van der Waals surface area contributed by atoms with E-state index in [9.17, 15) is 9.59 Å². The molecule has 2 aromatic carbocycles. The normalized spacial score (nSPS) is 13.0. The van der Waals surface area contributed by atoms with Crippen LogP contribution in [0.25, 0.3) is 0 Å². The first-order valence-electron chi connectivity index (χ1n) is 9.56. The molecule has 0 spiro atoms. The first-order chi connectivity index (χ1) is 13.2. The van der Waals surface area contributed by atoms with Gasteiger partial charge in [-0.25, -0.2) is 0 Å². The third-order valence-corrected chi connectivity index (χ3v) is 5.42. The molecule has 0 fully saturated rings.